The van der Waals surface area contributed by atoms with Crippen molar-refractivity contribution in [2.75, 3.05) is 13.1 Å². The molecule has 0 spiro atoms. The molecule has 0 aromatic rings. The maximum atomic E-state index is 12.6. The zero-order valence-electron chi connectivity index (χ0n) is 15.6. The molecule has 1 amide bonds. The van der Waals surface area contributed by atoms with E-state index in [1.807, 2.05) is 0 Å². The number of fused-ring (bicyclic) bond motifs is 1. The van der Waals surface area contributed by atoms with Crippen LogP contribution in [-0.2, 0) is 4.79 Å². The summed E-state index contributed by atoms with van der Waals surface area (Å²) in [6.45, 7) is 1.87. The van der Waals surface area contributed by atoms with Gasteiger partial charge < -0.3 is 15.5 Å². The molecule has 2 unspecified atom stereocenters. The lowest BCUT2D eigenvalue weighted by Crippen LogP contribution is -2.49. The van der Waals surface area contributed by atoms with Gasteiger partial charge in [-0.05, 0) is 69.5 Å². The Hall–Kier alpha value is -0.840. The lowest BCUT2D eigenvalue weighted by atomic mass is 9.78. The summed E-state index contributed by atoms with van der Waals surface area (Å²) in [5.74, 6) is 1.18. The number of rotatable bonds is 6. The van der Waals surface area contributed by atoms with Gasteiger partial charge in [-0.1, -0.05) is 25.7 Å². The molecule has 4 nitrogen and oxygen atoms in total. The Kier molecular flexibility index (Phi) is 7.38. The van der Waals surface area contributed by atoms with E-state index >= 15 is 0 Å². The van der Waals surface area contributed by atoms with Gasteiger partial charge in [-0.3, -0.25) is 4.79 Å². The Labute approximate surface area is 158 Å². The zero-order valence-corrected chi connectivity index (χ0v) is 16.4. The van der Waals surface area contributed by atoms with Crippen molar-refractivity contribution in [1.82, 2.24) is 15.5 Å². The highest BCUT2D eigenvalue weighted by Crippen LogP contribution is 2.35. The SMILES string of the molecule is O=C(CCCCNC(=S)NC1CCCC1)N1CCCC2CCCCC21. The quantitative estimate of drug-likeness (QED) is 0.556. The van der Waals surface area contributed by atoms with Gasteiger partial charge in [-0.25, -0.2) is 0 Å². The molecule has 1 saturated heterocycles. The highest BCUT2D eigenvalue weighted by molar-refractivity contribution is 7.80. The summed E-state index contributed by atoms with van der Waals surface area (Å²) in [7, 11) is 0. The van der Waals surface area contributed by atoms with Crippen molar-refractivity contribution >= 4 is 23.2 Å². The molecule has 2 atom stereocenters. The number of carbonyl (C=O) groups is 1. The highest BCUT2D eigenvalue weighted by Gasteiger charge is 2.35. The van der Waals surface area contributed by atoms with Gasteiger partial charge in [0.2, 0.25) is 5.91 Å². The molecule has 1 heterocycles. The van der Waals surface area contributed by atoms with E-state index in [2.05, 4.69) is 15.5 Å². The molecule has 3 rings (SSSR count). The maximum absolute atomic E-state index is 12.6. The number of nitrogens with one attached hydrogen (secondary N) is 2. The van der Waals surface area contributed by atoms with E-state index in [4.69, 9.17) is 12.2 Å². The Morgan fingerprint density at radius 3 is 2.52 bits per heavy atom. The monoisotopic (exact) mass is 365 g/mol. The lowest BCUT2D eigenvalue weighted by Gasteiger charge is -2.44. The molecule has 1 aliphatic heterocycles. The smallest absolute Gasteiger partial charge is 0.222 e. The molecule has 0 aromatic carbocycles. The van der Waals surface area contributed by atoms with E-state index in [9.17, 15) is 4.79 Å². The molecule has 0 radical (unpaired) electrons. The Balaban J connectivity index is 1.29. The Bertz CT molecular complexity index is 448. The average molecular weight is 366 g/mol. The van der Waals surface area contributed by atoms with Crippen LogP contribution < -0.4 is 10.6 Å². The molecule has 0 bridgehead atoms. The molecular weight excluding hydrogens is 330 g/mol. The Morgan fingerprint density at radius 1 is 0.960 bits per heavy atom. The largest absolute Gasteiger partial charge is 0.363 e. The van der Waals surface area contributed by atoms with Crippen LogP contribution in [0.5, 0.6) is 0 Å². The van der Waals surface area contributed by atoms with Crippen molar-refractivity contribution in [2.45, 2.75) is 95.6 Å². The molecule has 2 aliphatic carbocycles. The van der Waals surface area contributed by atoms with E-state index in [0.29, 0.717) is 24.4 Å². The summed E-state index contributed by atoms with van der Waals surface area (Å²) in [5, 5.41) is 7.50. The van der Waals surface area contributed by atoms with Gasteiger partial charge in [0.15, 0.2) is 5.11 Å². The van der Waals surface area contributed by atoms with Crippen LogP contribution in [0, 0.1) is 5.92 Å². The van der Waals surface area contributed by atoms with Gasteiger partial charge in [-0.15, -0.1) is 0 Å². The number of nitrogens with zero attached hydrogens (tertiary/aromatic N) is 1. The second-order valence-electron chi connectivity index (χ2n) is 8.18. The summed E-state index contributed by atoms with van der Waals surface area (Å²) in [4.78, 5) is 14.9. The fraction of sp³-hybridized carbons (Fsp3) is 0.900. The number of hydrogen-bond donors (Lipinski definition) is 2. The second-order valence-corrected chi connectivity index (χ2v) is 8.59. The second kappa shape index (κ2) is 9.75. The van der Waals surface area contributed by atoms with Gasteiger partial charge in [0.05, 0.1) is 0 Å². The van der Waals surface area contributed by atoms with Gasteiger partial charge in [-0.2, -0.15) is 0 Å². The normalized spacial score (nSPS) is 27.0. The molecule has 2 N–H and O–H groups in total. The third-order valence-electron chi connectivity index (χ3n) is 6.36. The molecule has 3 aliphatic rings. The minimum atomic E-state index is 0.392. The fourth-order valence-electron chi connectivity index (χ4n) is 4.99. The molecule has 2 saturated carbocycles. The van der Waals surface area contributed by atoms with E-state index in [1.54, 1.807) is 0 Å². The number of thiocarbonyl (C=S) groups is 1. The van der Waals surface area contributed by atoms with E-state index in [-0.39, 0.29) is 0 Å². The summed E-state index contributed by atoms with van der Waals surface area (Å²) in [5.41, 5.74) is 0. The number of carbonyl (C=O) groups excluding carboxylic acids is 1. The van der Waals surface area contributed by atoms with E-state index in [1.165, 1.54) is 64.2 Å². The number of amides is 1. The van der Waals surface area contributed by atoms with E-state index < -0.39 is 0 Å². The summed E-state index contributed by atoms with van der Waals surface area (Å²) >= 11 is 5.36. The van der Waals surface area contributed by atoms with Crippen molar-refractivity contribution in [3.05, 3.63) is 0 Å². The van der Waals surface area contributed by atoms with Crippen molar-refractivity contribution in [3.63, 3.8) is 0 Å². The first-order valence-electron chi connectivity index (χ1n) is 10.6. The zero-order chi connectivity index (χ0) is 17.5. The van der Waals surface area contributed by atoms with Gasteiger partial charge in [0.25, 0.3) is 0 Å². The predicted molar refractivity (Wildman–Crippen MR) is 107 cm³/mol. The third-order valence-corrected chi connectivity index (χ3v) is 6.62. The first-order chi connectivity index (χ1) is 12.2. The first-order valence-corrected chi connectivity index (χ1v) is 11.0. The van der Waals surface area contributed by atoms with Crippen LogP contribution in [-0.4, -0.2) is 41.1 Å². The minimum absolute atomic E-state index is 0.392. The van der Waals surface area contributed by atoms with Crippen molar-refractivity contribution < 1.29 is 4.79 Å². The van der Waals surface area contributed by atoms with Crippen LogP contribution in [0.1, 0.15) is 83.5 Å². The molecule has 142 valence electrons. The topological polar surface area (TPSA) is 44.4 Å². The molecular formula is C20H35N3OS. The van der Waals surface area contributed by atoms with Crippen LogP contribution in [0.25, 0.3) is 0 Å². The average Bonchev–Trinajstić information content (AvgIpc) is 3.13. The fourth-order valence-corrected chi connectivity index (χ4v) is 5.26. The standard InChI is InChI=1S/C20H35N3OS/c24-19(23-15-7-9-16-8-1-4-12-18(16)23)13-5-6-14-21-20(25)22-17-10-2-3-11-17/h16-18H,1-15H2,(H2,21,22,25). The summed E-state index contributed by atoms with van der Waals surface area (Å²) in [6.07, 6.45) is 15.6. The Morgan fingerprint density at radius 2 is 1.68 bits per heavy atom. The number of unbranched alkanes of at least 4 members (excludes halogenated alkanes) is 1. The minimum Gasteiger partial charge on any atom is -0.363 e. The first kappa shape index (κ1) is 18.9. The predicted octanol–water partition coefficient (Wildman–Crippen LogP) is 3.74. The summed E-state index contributed by atoms with van der Waals surface area (Å²) < 4.78 is 0. The molecule has 25 heavy (non-hydrogen) atoms. The number of hydrogen-bond acceptors (Lipinski definition) is 2. The van der Waals surface area contributed by atoms with Gasteiger partial charge in [0.1, 0.15) is 0 Å². The molecule has 5 heteroatoms. The maximum Gasteiger partial charge on any atom is 0.222 e. The van der Waals surface area contributed by atoms with Crippen molar-refractivity contribution in [3.8, 4) is 0 Å². The molecule has 0 aromatic heterocycles. The van der Waals surface area contributed by atoms with Crippen LogP contribution in [0.3, 0.4) is 0 Å². The van der Waals surface area contributed by atoms with Crippen LogP contribution in [0.15, 0.2) is 0 Å². The van der Waals surface area contributed by atoms with Crippen molar-refractivity contribution in [1.29, 1.82) is 0 Å². The highest BCUT2D eigenvalue weighted by atomic mass is 32.1. The molecule has 3 fully saturated rings. The van der Waals surface area contributed by atoms with Gasteiger partial charge >= 0.3 is 0 Å². The van der Waals surface area contributed by atoms with Crippen molar-refractivity contribution in [2.24, 2.45) is 5.92 Å². The number of likely N-dealkylation sites (tertiary alicyclic amines) is 1. The van der Waals surface area contributed by atoms with Crippen LogP contribution in [0.4, 0.5) is 0 Å². The van der Waals surface area contributed by atoms with Crippen LogP contribution >= 0.6 is 12.2 Å². The third kappa shape index (κ3) is 5.57. The summed E-state index contributed by atoms with van der Waals surface area (Å²) in [6, 6.07) is 1.13. The number of piperidine rings is 1. The van der Waals surface area contributed by atoms with Gasteiger partial charge in [0, 0.05) is 31.6 Å². The lowest BCUT2D eigenvalue weighted by molar-refractivity contribution is -0.137. The van der Waals surface area contributed by atoms with E-state index in [0.717, 1.165) is 37.0 Å². The van der Waals surface area contributed by atoms with Crippen LogP contribution in [0.2, 0.25) is 0 Å².